The van der Waals surface area contributed by atoms with Gasteiger partial charge in [0, 0.05) is 37.6 Å². The second-order valence-corrected chi connectivity index (χ2v) is 8.24. The molecular weight excluding hydrogens is 403 g/mol. The molecule has 0 saturated carbocycles. The van der Waals surface area contributed by atoms with Crippen LogP contribution in [0, 0.1) is 0 Å². The first-order valence-electron chi connectivity index (χ1n) is 8.38. The van der Waals surface area contributed by atoms with E-state index in [2.05, 4.69) is 0 Å². The van der Waals surface area contributed by atoms with Crippen LogP contribution in [0.15, 0.2) is 53.4 Å². The number of nitrogens with zero attached hydrogens (tertiary/aromatic N) is 2. The summed E-state index contributed by atoms with van der Waals surface area (Å²) in [7, 11) is -4.64. The fourth-order valence-corrected chi connectivity index (χ4v) is 3.77. The summed E-state index contributed by atoms with van der Waals surface area (Å²) in [6.07, 6.45) is -4.40. The van der Waals surface area contributed by atoms with Crippen LogP contribution in [0.25, 0.3) is 0 Å². The topological polar surface area (TPSA) is 40.6 Å². The van der Waals surface area contributed by atoms with Gasteiger partial charge in [0.15, 0.2) is 0 Å². The number of alkyl halides is 5. The highest BCUT2D eigenvalue weighted by atomic mass is 32.2. The number of hydrogen-bond acceptors (Lipinski definition) is 4. The van der Waals surface area contributed by atoms with Gasteiger partial charge in [0.1, 0.15) is 0 Å². The zero-order valence-electron chi connectivity index (χ0n) is 14.5. The third-order valence-electron chi connectivity index (χ3n) is 4.58. The van der Waals surface area contributed by atoms with Crippen LogP contribution in [-0.4, -0.2) is 40.4 Å². The van der Waals surface area contributed by atoms with E-state index in [1.807, 2.05) is 9.80 Å². The monoisotopic (exact) mass is 420 g/mol. The smallest absolute Gasteiger partial charge is 0.368 e. The highest BCUT2D eigenvalue weighted by Crippen LogP contribution is 2.32. The van der Waals surface area contributed by atoms with Gasteiger partial charge in [-0.1, -0.05) is 6.07 Å². The van der Waals surface area contributed by atoms with Gasteiger partial charge in [0.2, 0.25) is 9.84 Å². The molecule has 28 heavy (non-hydrogen) atoms. The SMILES string of the molecule is O=S(=O)(c1ccc(N2CCN(c3cccc(C(F)(F)F)c3)CC2)cc1)C(F)F. The highest BCUT2D eigenvalue weighted by molar-refractivity contribution is 7.91. The zero-order valence-corrected chi connectivity index (χ0v) is 15.4. The van der Waals surface area contributed by atoms with E-state index in [-0.39, 0.29) is 0 Å². The highest BCUT2D eigenvalue weighted by Gasteiger charge is 2.31. The molecule has 1 fully saturated rings. The first kappa shape index (κ1) is 20.4. The molecule has 10 heteroatoms. The van der Waals surface area contributed by atoms with E-state index in [9.17, 15) is 30.4 Å². The third kappa shape index (κ3) is 4.21. The van der Waals surface area contributed by atoms with Gasteiger partial charge < -0.3 is 9.80 Å². The van der Waals surface area contributed by atoms with Crippen LogP contribution in [0.4, 0.5) is 33.3 Å². The molecule has 3 rings (SSSR count). The maximum absolute atomic E-state index is 12.9. The Labute approximate surface area is 159 Å². The summed E-state index contributed by atoms with van der Waals surface area (Å²) >= 11 is 0. The lowest BCUT2D eigenvalue weighted by molar-refractivity contribution is -0.137. The number of hydrogen-bond donors (Lipinski definition) is 0. The van der Waals surface area contributed by atoms with Crippen molar-refractivity contribution in [3.8, 4) is 0 Å². The number of anilines is 2. The number of rotatable bonds is 4. The zero-order chi connectivity index (χ0) is 20.5. The average Bonchev–Trinajstić information content (AvgIpc) is 2.67. The Bertz CT molecular complexity index is 922. The molecule has 4 nitrogen and oxygen atoms in total. The molecule has 0 bridgehead atoms. The quantitative estimate of drug-likeness (QED) is 0.701. The second kappa shape index (κ2) is 7.57. The molecule has 1 aliphatic heterocycles. The summed E-state index contributed by atoms with van der Waals surface area (Å²) in [4.78, 5) is 3.30. The van der Waals surface area contributed by atoms with E-state index in [0.717, 1.165) is 24.3 Å². The first-order chi connectivity index (χ1) is 13.1. The molecule has 0 spiro atoms. The van der Waals surface area contributed by atoms with Crippen LogP contribution in [0.1, 0.15) is 5.56 Å². The minimum absolute atomic E-state index is 0.450. The maximum atomic E-state index is 12.9. The molecule has 0 atom stereocenters. The van der Waals surface area contributed by atoms with Gasteiger partial charge in [-0.05, 0) is 42.5 Å². The molecule has 0 unspecified atom stereocenters. The predicted molar refractivity (Wildman–Crippen MR) is 95.5 cm³/mol. The lowest BCUT2D eigenvalue weighted by atomic mass is 10.1. The fourth-order valence-electron chi connectivity index (χ4n) is 3.05. The van der Waals surface area contributed by atoms with E-state index in [1.54, 1.807) is 6.07 Å². The number of piperazine rings is 1. The Morgan fingerprint density at radius 3 is 1.86 bits per heavy atom. The van der Waals surface area contributed by atoms with Crippen LogP contribution >= 0.6 is 0 Å². The van der Waals surface area contributed by atoms with E-state index < -0.39 is 32.2 Å². The van der Waals surface area contributed by atoms with Crippen molar-refractivity contribution < 1.29 is 30.4 Å². The summed E-state index contributed by atoms with van der Waals surface area (Å²) in [5.74, 6) is -3.48. The predicted octanol–water partition coefficient (Wildman–Crippen LogP) is 4.03. The van der Waals surface area contributed by atoms with Crippen LogP contribution in [0.2, 0.25) is 0 Å². The van der Waals surface area contributed by atoms with E-state index in [1.165, 1.54) is 18.2 Å². The normalized spacial score (nSPS) is 15.9. The van der Waals surface area contributed by atoms with Gasteiger partial charge in [-0.2, -0.15) is 22.0 Å². The minimum Gasteiger partial charge on any atom is -0.368 e. The largest absolute Gasteiger partial charge is 0.416 e. The first-order valence-corrected chi connectivity index (χ1v) is 9.93. The summed E-state index contributed by atoms with van der Waals surface area (Å²) < 4.78 is 86.7. The second-order valence-electron chi connectivity index (χ2n) is 6.32. The molecule has 0 aliphatic carbocycles. The molecular formula is C18H17F5N2O2S. The lowest BCUT2D eigenvalue weighted by Gasteiger charge is -2.37. The minimum atomic E-state index is -4.64. The Hall–Kier alpha value is -2.36. The average molecular weight is 420 g/mol. The molecule has 1 heterocycles. The van der Waals surface area contributed by atoms with Gasteiger partial charge in [0.25, 0.3) is 0 Å². The standard InChI is InChI=1S/C18H17F5N2O2S/c19-17(20)28(26,27)16-6-4-14(5-7-16)24-8-10-25(11-9-24)15-3-1-2-13(12-15)18(21,22)23/h1-7,12,17H,8-11H2. The molecule has 0 amide bonds. The van der Waals surface area contributed by atoms with Crippen LogP contribution in [-0.2, 0) is 16.0 Å². The fraction of sp³-hybridized carbons (Fsp3) is 0.333. The summed E-state index contributed by atoms with van der Waals surface area (Å²) in [5, 5.41) is 0. The Balaban J connectivity index is 1.68. The van der Waals surface area contributed by atoms with Gasteiger partial charge in [-0.25, -0.2) is 8.42 Å². The van der Waals surface area contributed by atoms with Crippen molar-refractivity contribution in [1.29, 1.82) is 0 Å². The molecule has 0 radical (unpaired) electrons. The molecule has 1 saturated heterocycles. The van der Waals surface area contributed by atoms with E-state index >= 15 is 0 Å². The molecule has 2 aromatic carbocycles. The summed E-state index contributed by atoms with van der Waals surface area (Å²) in [6.45, 7) is 1.94. The third-order valence-corrected chi connectivity index (χ3v) is 5.98. The Morgan fingerprint density at radius 2 is 1.36 bits per heavy atom. The van der Waals surface area contributed by atoms with E-state index in [4.69, 9.17) is 0 Å². The molecule has 0 aromatic heterocycles. The van der Waals surface area contributed by atoms with Crippen molar-refractivity contribution in [2.75, 3.05) is 36.0 Å². The number of sulfone groups is 1. The van der Waals surface area contributed by atoms with Crippen LogP contribution in [0.3, 0.4) is 0 Å². The van der Waals surface area contributed by atoms with E-state index in [0.29, 0.717) is 37.6 Å². The van der Waals surface area contributed by atoms with Crippen molar-refractivity contribution in [2.24, 2.45) is 0 Å². The molecule has 152 valence electrons. The van der Waals surface area contributed by atoms with Crippen molar-refractivity contribution in [2.45, 2.75) is 16.8 Å². The lowest BCUT2D eigenvalue weighted by Crippen LogP contribution is -2.46. The van der Waals surface area contributed by atoms with Gasteiger partial charge in [-0.3, -0.25) is 0 Å². The molecule has 0 N–H and O–H groups in total. The Morgan fingerprint density at radius 1 is 0.821 bits per heavy atom. The van der Waals surface area contributed by atoms with Gasteiger partial charge in [0.05, 0.1) is 10.5 Å². The maximum Gasteiger partial charge on any atom is 0.416 e. The van der Waals surface area contributed by atoms with Crippen molar-refractivity contribution >= 4 is 21.2 Å². The Kier molecular flexibility index (Phi) is 5.51. The van der Waals surface area contributed by atoms with Gasteiger partial charge in [-0.15, -0.1) is 0 Å². The van der Waals surface area contributed by atoms with Crippen molar-refractivity contribution in [1.82, 2.24) is 0 Å². The van der Waals surface area contributed by atoms with Crippen LogP contribution < -0.4 is 9.80 Å². The van der Waals surface area contributed by atoms with Crippen molar-refractivity contribution in [3.63, 3.8) is 0 Å². The van der Waals surface area contributed by atoms with Crippen LogP contribution in [0.5, 0.6) is 0 Å². The van der Waals surface area contributed by atoms with Gasteiger partial charge >= 0.3 is 11.9 Å². The van der Waals surface area contributed by atoms with Crippen molar-refractivity contribution in [3.05, 3.63) is 54.1 Å². The molecule has 2 aromatic rings. The molecule has 1 aliphatic rings. The number of halogens is 5. The summed E-state index contributed by atoms with van der Waals surface area (Å²) in [6, 6.07) is 10.3. The summed E-state index contributed by atoms with van der Waals surface area (Å²) in [5.41, 5.74) is 0.438. The number of benzene rings is 2.